The van der Waals surface area contributed by atoms with Crippen LogP contribution in [-0.4, -0.2) is 24.8 Å². The van der Waals surface area contributed by atoms with Crippen molar-refractivity contribution in [3.05, 3.63) is 79.3 Å². The van der Waals surface area contributed by atoms with E-state index in [1.165, 1.54) is 0 Å². The van der Waals surface area contributed by atoms with Crippen LogP contribution in [-0.2, 0) is 11.4 Å². The molecule has 0 saturated carbocycles. The Balaban J connectivity index is 1.77. The maximum Gasteiger partial charge on any atom is 0.174 e. The number of benzene rings is 2. The first-order valence-electron chi connectivity index (χ1n) is 10.8. The van der Waals surface area contributed by atoms with E-state index < -0.39 is 5.92 Å². The number of methoxy groups -OCH3 is 1. The molecule has 0 fully saturated rings. The summed E-state index contributed by atoms with van der Waals surface area (Å²) in [4.78, 5) is 14.8. The Morgan fingerprint density at radius 1 is 1.21 bits per heavy atom. The highest BCUT2D eigenvalue weighted by Crippen LogP contribution is 2.46. The molecule has 2 aromatic carbocycles. The summed E-state index contributed by atoms with van der Waals surface area (Å²) in [5, 5.41) is 19.3. The van der Waals surface area contributed by atoms with E-state index in [2.05, 4.69) is 34.7 Å². The van der Waals surface area contributed by atoms with Crippen molar-refractivity contribution in [2.24, 2.45) is 5.73 Å². The number of ketones is 1. The smallest absolute Gasteiger partial charge is 0.174 e. The highest BCUT2D eigenvalue weighted by molar-refractivity contribution is 14.1. The van der Waals surface area contributed by atoms with E-state index in [-0.39, 0.29) is 12.4 Å². The largest absolute Gasteiger partial charge is 0.493 e. The fourth-order valence-electron chi connectivity index (χ4n) is 4.55. The van der Waals surface area contributed by atoms with Gasteiger partial charge in [0.05, 0.1) is 39.9 Å². The van der Waals surface area contributed by atoms with Crippen molar-refractivity contribution in [2.45, 2.75) is 31.8 Å². The van der Waals surface area contributed by atoms with Gasteiger partial charge in [0, 0.05) is 30.3 Å². The van der Waals surface area contributed by atoms with Crippen molar-refractivity contribution < 1.29 is 14.3 Å². The summed E-state index contributed by atoms with van der Waals surface area (Å²) in [6.07, 6.45) is 1.96. The number of Topliss-reactive ketones (excluding diaryl/α,β-unsaturated/α-hetero) is 1. The number of nitrogens with two attached hydrogens (primary N) is 1. The minimum absolute atomic E-state index is 0.0424. The number of allylic oxidation sites excluding steroid dienone is 3. The van der Waals surface area contributed by atoms with E-state index in [0.717, 1.165) is 33.2 Å². The summed E-state index contributed by atoms with van der Waals surface area (Å²) in [7, 11) is 3.35. The van der Waals surface area contributed by atoms with Crippen LogP contribution in [0.25, 0.3) is 0 Å². The lowest BCUT2D eigenvalue weighted by Crippen LogP contribution is -2.36. The second-order valence-electron chi connectivity index (χ2n) is 8.13. The average molecular weight is 566 g/mol. The molecule has 2 aromatic rings. The zero-order chi connectivity index (χ0) is 24.4. The van der Waals surface area contributed by atoms with E-state index in [1.54, 1.807) is 31.2 Å². The zero-order valence-electron chi connectivity index (χ0n) is 18.9. The van der Waals surface area contributed by atoms with Crippen LogP contribution >= 0.6 is 22.6 Å². The van der Waals surface area contributed by atoms with Crippen LogP contribution in [0.3, 0.4) is 0 Å². The van der Waals surface area contributed by atoms with E-state index >= 15 is 0 Å². The van der Waals surface area contributed by atoms with Gasteiger partial charge in [-0.2, -0.15) is 10.5 Å². The average Bonchev–Trinajstić information content (AvgIpc) is 2.85. The lowest BCUT2D eigenvalue weighted by molar-refractivity contribution is -0.116. The van der Waals surface area contributed by atoms with Crippen molar-refractivity contribution >= 4 is 28.4 Å². The first kappa shape index (κ1) is 23.7. The number of carbonyl (C=O) groups is 1. The number of hydrogen-bond donors (Lipinski definition) is 1. The second kappa shape index (κ2) is 9.78. The maximum absolute atomic E-state index is 13.0. The fourth-order valence-corrected chi connectivity index (χ4v) is 5.33. The van der Waals surface area contributed by atoms with E-state index in [0.29, 0.717) is 40.5 Å². The SMILES string of the molecule is COc1cc([C@H]2C(C#N)=C(N)N(C)C3=C2C(=O)CCC3)cc(I)c1OCc1ccccc1C#N. The van der Waals surface area contributed by atoms with Gasteiger partial charge >= 0.3 is 0 Å². The Morgan fingerprint density at radius 3 is 2.68 bits per heavy atom. The van der Waals surface area contributed by atoms with Crippen LogP contribution in [0, 0.1) is 26.2 Å². The van der Waals surface area contributed by atoms with Crippen LogP contribution in [0.15, 0.2) is 59.1 Å². The summed E-state index contributed by atoms with van der Waals surface area (Å²) in [6.45, 7) is 0.202. The van der Waals surface area contributed by atoms with Crippen LogP contribution in [0.2, 0.25) is 0 Å². The molecule has 0 spiro atoms. The number of carbonyl (C=O) groups excluding carboxylic acids is 1. The molecular weight excluding hydrogens is 543 g/mol. The number of rotatable bonds is 5. The van der Waals surface area contributed by atoms with Gasteiger partial charge in [-0.3, -0.25) is 4.79 Å². The number of halogens is 1. The molecule has 0 bridgehead atoms. The second-order valence-corrected chi connectivity index (χ2v) is 9.29. The monoisotopic (exact) mass is 566 g/mol. The summed E-state index contributed by atoms with van der Waals surface area (Å²) in [6, 6.07) is 15.4. The Kier molecular flexibility index (Phi) is 6.80. The number of ether oxygens (including phenoxy) is 2. The molecular formula is C26H23IN4O3. The summed E-state index contributed by atoms with van der Waals surface area (Å²) in [5.74, 6) is 0.868. The molecule has 172 valence electrons. The maximum atomic E-state index is 13.0. The Morgan fingerprint density at radius 2 is 1.97 bits per heavy atom. The minimum atomic E-state index is -0.556. The molecule has 1 aliphatic heterocycles. The van der Waals surface area contributed by atoms with Crippen LogP contribution in [0.5, 0.6) is 11.5 Å². The third-order valence-electron chi connectivity index (χ3n) is 6.26. The van der Waals surface area contributed by atoms with Crippen molar-refractivity contribution in [3.63, 3.8) is 0 Å². The van der Waals surface area contributed by atoms with E-state index in [9.17, 15) is 15.3 Å². The van der Waals surface area contributed by atoms with Gasteiger partial charge in [0.15, 0.2) is 17.3 Å². The predicted octanol–water partition coefficient (Wildman–Crippen LogP) is 4.48. The molecule has 2 aliphatic rings. The van der Waals surface area contributed by atoms with Gasteiger partial charge in [0.2, 0.25) is 0 Å². The lowest BCUT2D eigenvalue weighted by Gasteiger charge is -2.37. The summed E-state index contributed by atoms with van der Waals surface area (Å²) in [5.41, 5.74) is 10.3. The molecule has 0 amide bonds. The Labute approximate surface area is 212 Å². The molecule has 34 heavy (non-hydrogen) atoms. The first-order valence-corrected chi connectivity index (χ1v) is 11.9. The lowest BCUT2D eigenvalue weighted by atomic mass is 9.76. The minimum Gasteiger partial charge on any atom is -0.493 e. The number of nitrogens with zero attached hydrogens (tertiary/aromatic N) is 3. The predicted molar refractivity (Wildman–Crippen MR) is 134 cm³/mol. The highest BCUT2D eigenvalue weighted by atomic mass is 127. The Hall–Kier alpha value is -3.50. The summed E-state index contributed by atoms with van der Waals surface area (Å²) >= 11 is 2.16. The molecule has 0 radical (unpaired) electrons. The van der Waals surface area contributed by atoms with Crippen molar-refractivity contribution in [3.8, 4) is 23.6 Å². The topological polar surface area (TPSA) is 112 Å². The van der Waals surface area contributed by atoms with Gasteiger partial charge in [-0.1, -0.05) is 18.2 Å². The molecule has 0 saturated heterocycles. The molecule has 1 heterocycles. The molecule has 1 aliphatic carbocycles. The van der Waals surface area contributed by atoms with Gasteiger partial charge in [0.25, 0.3) is 0 Å². The molecule has 7 nitrogen and oxygen atoms in total. The third-order valence-corrected chi connectivity index (χ3v) is 7.06. The van der Waals surface area contributed by atoms with Gasteiger partial charge in [-0.15, -0.1) is 0 Å². The molecule has 2 N–H and O–H groups in total. The fraction of sp³-hybridized carbons (Fsp3) is 0.269. The van der Waals surface area contributed by atoms with Gasteiger partial charge in [-0.05, 0) is 59.2 Å². The zero-order valence-corrected chi connectivity index (χ0v) is 21.0. The van der Waals surface area contributed by atoms with Gasteiger partial charge in [0.1, 0.15) is 12.4 Å². The van der Waals surface area contributed by atoms with Crippen LogP contribution < -0.4 is 15.2 Å². The van der Waals surface area contributed by atoms with Crippen LogP contribution in [0.4, 0.5) is 0 Å². The van der Waals surface area contributed by atoms with Crippen molar-refractivity contribution in [2.75, 3.05) is 14.2 Å². The molecule has 1 atom stereocenters. The molecule has 4 rings (SSSR count). The van der Waals surface area contributed by atoms with Gasteiger partial charge in [-0.25, -0.2) is 0 Å². The number of hydrogen-bond acceptors (Lipinski definition) is 7. The number of nitriles is 2. The molecule has 0 unspecified atom stereocenters. The molecule has 0 aromatic heterocycles. The first-order chi connectivity index (χ1) is 16.4. The van der Waals surface area contributed by atoms with E-state index in [1.807, 2.05) is 24.3 Å². The summed E-state index contributed by atoms with van der Waals surface area (Å²) < 4.78 is 12.5. The van der Waals surface area contributed by atoms with Crippen LogP contribution in [0.1, 0.15) is 41.9 Å². The highest BCUT2D eigenvalue weighted by Gasteiger charge is 2.39. The van der Waals surface area contributed by atoms with E-state index in [4.69, 9.17) is 15.2 Å². The van der Waals surface area contributed by atoms with Crippen molar-refractivity contribution in [1.82, 2.24) is 4.90 Å². The van der Waals surface area contributed by atoms with Gasteiger partial charge < -0.3 is 20.1 Å². The quantitative estimate of drug-likeness (QED) is 0.532. The third kappa shape index (κ3) is 4.10. The molecule has 8 heteroatoms. The normalized spacial score (nSPS) is 17.7. The Bertz CT molecular complexity index is 1320. The van der Waals surface area contributed by atoms with Crippen molar-refractivity contribution in [1.29, 1.82) is 10.5 Å². The standard InChI is InChI=1S/C26H23IN4O3/c1-31-20-8-5-9-21(32)24(20)23(18(13-29)26(31)30)17-10-19(27)25(22(11-17)33-2)34-14-16-7-4-3-6-15(16)12-28/h3-4,6-7,10-11,23H,5,8-9,14,30H2,1-2H3/t23-/m0/s1.